The fraction of sp³-hybridized carbons (Fsp3) is 0.0800. The van der Waals surface area contributed by atoms with Crippen molar-refractivity contribution in [2.45, 2.75) is 27.7 Å². The molecule has 4 heterocycles. The number of para-hydroxylation sites is 1. The molecule has 0 fully saturated rings. The Bertz CT molecular complexity index is 2710. The summed E-state index contributed by atoms with van der Waals surface area (Å²) >= 11 is 0. The van der Waals surface area contributed by atoms with Crippen LogP contribution in [0.25, 0.3) is 44.8 Å². The van der Waals surface area contributed by atoms with Gasteiger partial charge in [0.2, 0.25) is 6.71 Å². The van der Waals surface area contributed by atoms with Gasteiger partial charge < -0.3 is 19.4 Å². The number of aryl methyl sites for hydroxylation is 4. The van der Waals surface area contributed by atoms with Crippen LogP contribution in [0.15, 0.2) is 152 Å². The van der Waals surface area contributed by atoms with Gasteiger partial charge in [-0.3, -0.25) is 0 Å². The van der Waals surface area contributed by atoms with Gasteiger partial charge in [-0.05, 0) is 101 Å². The van der Waals surface area contributed by atoms with E-state index in [1.165, 1.54) is 33.4 Å². The van der Waals surface area contributed by atoms with E-state index < -0.39 is 0 Å². The van der Waals surface area contributed by atoms with Gasteiger partial charge in [0.15, 0.2) is 0 Å². The van der Waals surface area contributed by atoms with Crippen LogP contribution in [0.5, 0.6) is 23.0 Å². The molecule has 0 saturated heterocycles. The molecule has 56 heavy (non-hydrogen) atoms. The van der Waals surface area contributed by atoms with E-state index in [4.69, 9.17) is 14.5 Å². The van der Waals surface area contributed by atoms with E-state index in [9.17, 15) is 0 Å². The molecule has 0 amide bonds. The van der Waals surface area contributed by atoms with Crippen molar-refractivity contribution in [2.24, 2.45) is 0 Å². The minimum atomic E-state index is 0. The van der Waals surface area contributed by atoms with Crippen molar-refractivity contribution in [3.8, 4) is 67.8 Å². The topological polar surface area (TPSA) is 44.2 Å². The summed E-state index contributed by atoms with van der Waals surface area (Å²) in [4.78, 5) is 9.26. The predicted octanol–water partition coefficient (Wildman–Crippen LogP) is 10.4. The van der Waals surface area contributed by atoms with Crippen LogP contribution in [0.2, 0.25) is 0 Å². The molecule has 0 aliphatic carbocycles. The fourth-order valence-corrected chi connectivity index (χ4v) is 7.46. The Morgan fingerprint density at radius 1 is 0.554 bits per heavy atom. The largest absolute Gasteiger partial charge is 0.503 e. The Morgan fingerprint density at radius 2 is 1.34 bits per heavy atom. The van der Waals surface area contributed by atoms with Crippen LogP contribution in [-0.4, -0.2) is 16.7 Å². The first-order valence-corrected chi connectivity index (χ1v) is 18.6. The van der Waals surface area contributed by atoms with Crippen LogP contribution in [-0.2, 0) is 20.1 Å². The van der Waals surface area contributed by atoms with Gasteiger partial charge in [0.25, 0.3) is 0 Å². The van der Waals surface area contributed by atoms with Crippen molar-refractivity contribution in [1.29, 1.82) is 0 Å². The second-order valence-electron chi connectivity index (χ2n) is 14.2. The molecule has 2 aliphatic rings. The molecule has 6 aromatic carbocycles. The quantitative estimate of drug-likeness (QED) is 0.130. The van der Waals surface area contributed by atoms with E-state index in [-0.39, 0.29) is 26.8 Å². The molecule has 6 heteroatoms. The third kappa shape index (κ3) is 6.99. The fourth-order valence-electron chi connectivity index (χ4n) is 7.46. The van der Waals surface area contributed by atoms with Gasteiger partial charge in [-0.1, -0.05) is 97.4 Å². The number of benzene rings is 6. The van der Waals surface area contributed by atoms with E-state index >= 15 is 0 Å². The van der Waals surface area contributed by atoms with Crippen LogP contribution in [0.3, 0.4) is 0 Å². The molecular weight excluding hydrogens is 864 g/mol. The molecule has 0 unspecified atom stereocenters. The van der Waals surface area contributed by atoms with Gasteiger partial charge in [-0.25, -0.2) is 0 Å². The van der Waals surface area contributed by atoms with Crippen LogP contribution >= 0.6 is 0 Å². The zero-order valence-corrected chi connectivity index (χ0v) is 34.0. The van der Waals surface area contributed by atoms with E-state index in [0.717, 1.165) is 73.0 Å². The average Bonchev–Trinajstić information content (AvgIpc) is 3.23. The summed E-state index contributed by atoms with van der Waals surface area (Å²) in [6, 6.07) is 54.5. The third-order valence-electron chi connectivity index (χ3n) is 10.6. The molecule has 0 saturated carbocycles. The number of fused-ring (bicyclic) bond motifs is 4. The van der Waals surface area contributed by atoms with Crippen molar-refractivity contribution in [3.63, 3.8) is 0 Å². The van der Waals surface area contributed by atoms with Gasteiger partial charge in [0, 0.05) is 43.7 Å². The molecule has 0 spiro atoms. The number of aromatic nitrogens is 2. The Labute approximate surface area is 342 Å². The molecule has 4 nitrogen and oxygen atoms in total. The van der Waals surface area contributed by atoms with Crippen molar-refractivity contribution in [2.75, 3.05) is 0 Å². The predicted molar refractivity (Wildman–Crippen MR) is 225 cm³/mol. The molecule has 0 atom stereocenters. The van der Waals surface area contributed by atoms with Gasteiger partial charge in [-0.2, -0.15) is 0 Å². The minimum absolute atomic E-state index is 0. The number of nitrogens with zero attached hydrogens (tertiary/aromatic N) is 2. The van der Waals surface area contributed by atoms with E-state index in [2.05, 4.69) is 118 Å². The molecule has 0 bridgehead atoms. The Kier molecular flexibility index (Phi) is 10.3. The molecular formula is C50H37BIrN2O2-2. The molecule has 2 aliphatic heterocycles. The summed E-state index contributed by atoms with van der Waals surface area (Å²) in [5, 5.41) is 0. The number of hydrogen-bond donors (Lipinski definition) is 0. The Morgan fingerprint density at radius 3 is 2.14 bits per heavy atom. The maximum Gasteiger partial charge on any atom is 0.241 e. The van der Waals surface area contributed by atoms with Gasteiger partial charge >= 0.3 is 0 Å². The molecule has 10 rings (SSSR count). The average molecular weight is 901 g/mol. The maximum atomic E-state index is 6.52. The van der Waals surface area contributed by atoms with Crippen molar-refractivity contribution in [3.05, 3.63) is 186 Å². The first kappa shape index (κ1) is 36.9. The van der Waals surface area contributed by atoms with Gasteiger partial charge in [-0.15, -0.1) is 59.1 Å². The molecule has 0 N–H and O–H groups in total. The van der Waals surface area contributed by atoms with E-state index in [1.54, 1.807) is 0 Å². The van der Waals surface area contributed by atoms with E-state index in [1.807, 2.05) is 79.1 Å². The number of rotatable bonds is 4. The number of hydrogen-bond acceptors (Lipinski definition) is 4. The second-order valence-corrected chi connectivity index (χ2v) is 14.2. The first-order chi connectivity index (χ1) is 26.9. The summed E-state index contributed by atoms with van der Waals surface area (Å²) in [5.41, 5.74) is 16.8. The van der Waals surface area contributed by atoms with Crippen LogP contribution in [0, 0.1) is 39.8 Å². The SMILES string of the molecule is Cc1c[c-]c(-c2cc(-c3ccc(C)c(C)c3)c(C)cn2)cc1.[Ir].[c-]1ccc2c(c1-c1cc(-c3ccccc3)ccn1)Oc1cccc3c1B2c1ccccc1O3. The number of pyridine rings is 2. The first-order valence-electron chi connectivity index (χ1n) is 18.6. The summed E-state index contributed by atoms with van der Waals surface area (Å²) in [5.74, 6) is 3.36. The standard InChI is InChI=1S/C29H17BNO2.C21H20N.Ir/c1-2-8-19(9-3-1)20-16-17-31-24(18-20)21-10-6-12-23-29(21)33-27-15-7-14-26-28(27)30(23)22-11-4-5-13-25(22)32-26;1-14-5-8-18(9-6-14)21-12-20(17(4)13-22-21)19-10-7-15(2)16(3)11-19;/h1-9,11-18H;5-8,10-13H,1-4H3;/q2*-1;. The molecule has 273 valence electrons. The summed E-state index contributed by atoms with van der Waals surface area (Å²) in [6.45, 7) is 8.52. The van der Waals surface area contributed by atoms with Crippen molar-refractivity contribution < 1.29 is 29.6 Å². The molecule has 2 aromatic heterocycles. The molecule has 8 aromatic rings. The van der Waals surface area contributed by atoms with E-state index in [0.29, 0.717) is 0 Å². The zero-order chi connectivity index (χ0) is 37.5. The minimum Gasteiger partial charge on any atom is -0.503 e. The van der Waals surface area contributed by atoms with Gasteiger partial charge in [0.05, 0.1) is 0 Å². The second kappa shape index (κ2) is 15.6. The normalized spacial score (nSPS) is 11.7. The Hall–Kier alpha value is -6.07. The Balaban J connectivity index is 0.000000168. The maximum absolute atomic E-state index is 6.52. The summed E-state index contributed by atoms with van der Waals surface area (Å²) < 4.78 is 12.7. The van der Waals surface area contributed by atoms with Crippen LogP contribution < -0.4 is 25.9 Å². The zero-order valence-electron chi connectivity index (χ0n) is 31.6. The molecule has 1 radical (unpaired) electrons. The van der Waals surface area contributed by atoms with Crippen molar-refractivity contribution in [1.82, 2.24) is 9.97 Å². The number of ether oxygens (including phenoxy) is 2. The summed E-state index contributed by atoms with van der Waals surface area (Å²) in [7, 11) is 0. The third-order valence-corrected chi connectivity index (χ3v) is 10.6. The summed E-state index contributed by atoms with van der Waals surface area (Å²) in [6.07, 6.45) is 3.80. The van der Waals surface area contributed by atoms with Crippen molar-refractivity contribution >= 4 is 23.1 Å². The van der Waals surface area contributed by atoms with Crippen LogP contribution in [0.4, 0.5) is 0 Å². The van der Waals surface area contributed by atoms with Crippen LogP contribution in [0.1, 0.15) is 22.3 Å². The monoisotopic (exact) mass is 901 g/mol. The van der Waals surface area contributed by atoms with Gasteiger partial charge in [0.1, 0.15) is 17.2 Å². The smallest absolute Gasteiger partial charge is 0.241 e.